The number of aromatic amines is 1. The standard InChI is InChI=1S/C19H19N3O2/c1-13-4-5-15-10-16(19(24)22-17(15)9-13)6-7-18(23)21-12-14-3-2-8-20-11-14/h2-5,8-11H,6-7,12H2,1H3,(H,21,23)(H,22,24). The van der Waals surface area contributed by atoms with Crippen molar-refractivity contribution in [3.8, 4) is 0 Å². The van der Waals surface area contributed by atoms with Crippen LogP contribution in [0.3, 0.4) is 0 Å². The molecule has 0 bridgehead atoms. The first-order valence-corrected chi connectivity index (χ1v) is 7.90. The van der Waals surface area contributed by atoms with Crippen LogP contribution >= 0.6 is 0 Å². The van der Waals surface area contributed by atoms with Gasteiger partial charge in [-0.15, -0.1) is 0 Å². The van der Waals surface area contributed by atoms with Gasteiger partial charge in [-0.1, -0.05) is 18.2 Å². The topological polar surface area (TPSA) is 74.8 Å². The Kier molecular flexibility index (Phi) is 4.70. The summed E-state index contributed by atoms with van der Waals surface area (Å²) in [5, 5.41) is 3.82. The number of aromatic nitrogens is 2. The van der Waals surface area contributed by atoms with Gasteiger partial charge in [-0.25, -0.2) is 0 Å². The number of pyridine rings is 2. The van der Waals surface area contributed by atoms with Crippen molar-refractivity contribution in [3.05, 3.63) is 75.8 Å². The minimum atomic E-state index is -0.131. The largest absolute Gasteiger partial charge is 0.352 e. The van der Waals surface area contributed by atoms with Crippen molar-refractivity contribution in [2.75, 3.05) is 0 Å². The number of H-pyrrole nitrogens is 1. The lowest BCUT2D eigenvalue weighted by molar-refractivity contribution is -0.121. The van der Waals surface area contributed by atoms with Gasteiger partial charge in [0, 0.05) is 36.4 Å². The summed E-state index contributed by atoms with van der Waals surface area (Å²) in [5.74, 6) is -0.0812. The zero-order valence-corrected chi connectivity index (χ0v) is 13.5. The number of rotatable bonds is 5. The molecular weight excluding hydrogens is 302 g/mol. The predicted octanol–water partition coefficient (Wildman–Crippen LogP) is 2.48. The van der Waals surface area contributed by atoms with Crippen LogP contribution in [0.25, 0.3) is 10.9 Å². The lowest BCUT2D eigenvalue weighted by atomic mass is 10.1. The number of amides is 1. The zero-order chi connectivity index (χ0) is 16.9. The van der Waals surface area contributed by atoms with Crippen molar-refractivity contribution in [1.82, 2.24) is 15.3 Å². The van der Waals surface area contributed by atoms with E-state index in [0.717, 1.165) is 22.0 Å². The fraction of sp³-hybridized carbons (Fsp3) is 0.211. The van der Waals surface area contributed by atoms with E-state index in [0.29, 0.717) is 18.5 Å². The van der Waals surface area contributed by atoms with Gasteiger partial charge in [0.25, 0.3) is 5.56 Å². The lowest BCUT2D eigenvalue weighted by Gasteiger charge is -2.06. The number of carbonyl (C=O) groups excluding carboxylic acids is 1. The first-order valence-electron chi connectivity index (χ1n) is 7.90. The third kappa shape index (κ3) is 3.87. The van der Waals surface area contributed by atoms with Crippen molar-refractivity contribution in [2.45, 2.75) is 26.3 Å². The molecule has 3 aromatic rings. The molecule has 0 atom stereocenters. The Hall–Kier alpha value is -2.95. The number of benzene rings is 1. The van der Waals surface area contributed by atoms with Crippen LogP contribution in [-0.2, 0) is 17.8 Å². The minimum absolute atomic E-state index is 0.0812. The highest BCUT2D eigenvalue weighted by molar-refractivity contribution is 5.80. The molecule has 0 aliphatic heterocycles. The monoisotopic (exact) mass is 321 g/mol. The van der Waals surface area contributed by atoms with E-state index in [9.17, 15) is 9.59 Å². The normalized spacial score (nSPS) is 10.7. The summed E-state index contributed by atoms with van der Waals surface area (Å²) in [6.07, 6.45) is 4.11. The molecule has 3 rings (SSSR count). The highest BCUT2D eigenvalue weighted by atomic mass is 16.1. The summed E-state index contributed by atoms with van der Waals surface area (Å²) in [7, 11) is 0. The quantitative estimate of drug-likeness (QED) is 0.758. The second-order valence-electron chi connectivity index (χ2n) is 5.85. The van der Waals surface area contributed by atoms with Gasteiger partial charge in [0.1, 0.15) is 0 Å². The molecule has 24 heavy (non-hydrogen) atoms. The fourth-order valence-electron chi connectivity index (χ4n) is 2.59. The van der Waals surface area contributed by atoms with E-state index in [1.807, 2.05) is 43.3 Å². The molecule has 0 aliphatic rings. The summed E-state index contributed by atoms with van der Waals surface area (Å²) < 4.78 is 0. The maximum atomic E-state index is 12.1. The van der Waals surface area contributed by atoms with Gasteiger partial charge in [-0.05, 0) is 48.1 Å². The summed E-state index contributed by atoms with van der Waals surface area (Å²) in [6.45, 7) is 2.43. The van der Waals surface area contributed by atoms with Crippen molar-refractivity contribution in [1.29, 1.82) is 0 Å². The second-order valence-corrected chi connectivity index (χ2v) is 5.85. The zero-order valence-electron chi connectivity index (χ0n) is 13.5. The number of hydrogen-bond donors (Lipinski definition) is 2. The van der Waals surface area contributed by atoms with Gasteiger partial charge in [0.2, 0.25) is 5.91 Å². The van der Waals surface area contributed by atoms with Crippen molar-refractivity contribution in [2.24, 2.45) is 0 Å². The molecule has 0 saturated carbocycles. The van der Waals surface area contributed by atoms with Gasteiger partial charge in [-0.2, -0.15) is 0 Å². The molecule has 2 heterocycles. The highest BCUT2D eigenvalue weighted by Gasteiger charge is 2.07. The van der Waals surface area contributed by atoms with Gasteiger partial charge >= 0.3 is 0 Å². The SMILES string of the molecule is Cc1ccc2cc(CCC(=O)NCc3cccnc3)c(=O)[nH]c2c1. The molecular formula is C19H19N3O2. The van der Waals surface area contributed by atoms with E-state index < -0.39 is 0 Å². The first-order chi connectivity index (χ1) is 11.6. The number of nitrogens with zero attached hydrogens (tertiary/aromatic N) is 1. The Labute approximate surface area is 139 Å². The van der Waals surface area contributed by atoms with Gasteiger partial charge < -0.3 is 10.3 Å². The van der Waals surface area contributed by atoms with E-state index in [2.05, 4.69) is 15.3 Å². The third-order valence-corrected chi connectivity index (χ3v) is 3.91. The number of nitrogens with one attached hydrogen (secondary N) is 2. The summed E-state index contributed by atoms with van der Waals surface area (Å²) in [4.78, 5) is 31.0. The lowest BCUT2D eigenvalue weighted by Crippen LogP contribution is -2.24. The van der Waals surface area contributed by atoms with Crippen molar-refractivity contribution in [3.63, 3.8) is 0 Å². The molecule has 5 heteroatoms. The van der Waals surface area contributed by atoms with Crippen LogP contribution in [0.1, 0.15) is 23.1 Å². The number of aryl methyl sites for hydroxylation is 2. The molecule has 0 radical (unpaired) electrons. The van der Waals surface area contributed by atoms with E-state index in [-0.39, 0.29) is 17.9 Å². The Morgan fingerprint density at radius 1 is 1.25 bits per heavy atom. The molecule has 1 amide bonds. The molecule has 0 aliphatic carbocycles. The molecule has 0 spiro atoms. The Balaban J connectivity index is 1.62. The minimum Gasteiger partial charge on any atom is -0.352 e. The van der Waals surface area contributed by atoms with Gasteiger partial charge in [-0.3, -0.25) is 14.6 Å². The Morgan fingerprint density at radius 3 is 2.92 bits per heavy atom. The molecule has 1 aromatic carbocycles. The van der Waals surface area contributed by atoms with Gasteiger partial charge in [0.05, 0.1) is 0 Å². The number of carbonyl (C=O) groups is 1. The van der Waals surface area contributed by atoms with Gasteiger partial charge in [0.15, 0.2) is 0 Å². The highest BCUT2D eigenvalue weighted by Crippen LogP contribution is 2.13. The van der Waals surface area contributed by atoms with Crippen LogP contribution in [-0.4, -0.2) is 15.9 Å². The van der Waals surface area contributed by atoms with Crippen molar-refractivity contribution >= 4 is 16.8 Å². The maximum Gasteiger partial charge on any atom is 0.251 e. The van der Waals surface area contributed by atoms with Crippen molar-refractivity contribution < 1.29 is 4.79 Å². The molecule has 2 aromatic heterocycles. The van der Waals surface area contributed by atoms with E-state index in [4.69, 9.17) is 0 Å². The van der Waals surface area contributed by atoms with E-state index >= 15 is 0 Å². The van der Waals surface area contributed by atoms with E-state index in [1.54, 1.807) is 12.4 Å². The number of hydrogen-bond acceptors (Lipinski definition) is 3. The molecule has 5 nitrogen and oxygen atoms in total. The van der Waals surface area contributed by atoms with Crippen LogP contribution in [0.4, 0.5) is 0 Å². The molecule has 2 N–H and O–H groups in total. The third-order valence-electron chi connectivity index (χ3n) is 3.91. The summed E-state index contributed by atoms with van der Waals surface area (Å²) in [6, 6.07) is 11.5. The number of fused-ring (bicyclic) bond motifs is 1. The van der Waals surface area contributed by atoms with Crippen LogP contribution in [0.5, 0.6) is 0 Å². The summed E-state index contributed by atoms with van der Waals surface area (Å²) >= 11 is 0. The average molecular weight is 321 g/mol. The fourth-order valence-corrected chi connectivity index (χ4v) is 2.59. The average Bonchev–Trinajstić information content (AvgIpc) is 2.59. The predicted molar refractivity (Wildman–Crippen MR) is 93.7 cm³/mol. The first kappa shape index (κ1) is 15.9. The Bertz CT molecular complexity index is 917. The Morgan fingerprint density at radius 2 is 2.12 bits per heavy atom. The van der Waals surface area contributed by atoms with Crippen LogP contribution in [0.2, 0.25) is 0 Å². The van der Waals surface area contributed by atoms with Crippen LogP contribution in [0, 0.1) is 6.92 Å². The molecule has 0 unspecified atom stereocenters. The van der Waals surface area contributed by atoms with Crippen LogP contribution < -0.4 is 10.9 Å². The smallest absolute Gasteiger partial charge is 0.251 e. The molecule has 0 saturated heterocycles. The maximum absolute atomic E-state index is 12.1. The van der Waals surface area contributed by atoms with E-state index in [1.165, 1.54) is 0 Å². The molecule has 122 valence electrons. The second kappa shape index (κ2) is 7.08. The molecule has 0 fully saturated rings. The van der Waals surface area contributed by atoms with Crippen LogP contribution in [0.15, 0.2) is 53.6 Å². The summed E-state index contributed by atoms with van der Waals surface area (Å²) in [5.41, 5.74) is 3.37.